The van der Waals surface area contributed by atoms with Gasteiger partial charge in [-0.1, -0.05) is 26.5 Å². The van der Waals surface area contributed by atoms with Crippen molar-refractivity contribution < 1.29 is 14.6 Å². The van der Waals surface area contributed by atoms with E-state index in [2.05, 4.69) is 51.7 Å². The third-order valence-corrected chi connectivity index (χ3v) is 9.19. The van der Waals surface area contributed by atoms with Gasteiger partial charge in [-0.25, -0.2) is 15.0 Å². The molecule has 1 fully saturated rings. The molecule has 210 valence electrons. The molecular weight excluding hydrogens is 512 g/mol. The number of methoxy groups -OCH3 is 1. The number of ether oxygens (including phenoxy) is 1. The van der Waals surface area contributed by atoms with E-state index in [9.17, 15) is 9.90 Å². The number of aliphatic hydroxyl groups excluding tert-OH is 1. The predicted molar refractivity (Wildman–Crippen MR) is 163 cm³/mol. The van der Waals surface area contributed by atoms with E-state index in [0.717, 1.165) is 85.5 Å². The largest absolute Gasteiger partial charge is 0.511 e. The molecule has 0 radical (unpaired) electrons. The summed E-state index contributed by atoms with van der Waals surface area (Å²) in [5, 5.41) is 14.9. The van der Waals surface area contributed by atoms with E-state index in [0.29, 0.717) is 25.0 Å². The van der Waals surface area contributed by atoms with Crippen LogP contribution < -0.4 is 5.32 Å². The van der Waals surface area contributed by atoms with Crippen molar-refractivity contribution in [2.75, 3.05) is 7.11 Å². The third kappa shape index (κ3) is 4.17. The Bertz CT molecular complexity index is 1680. The lowest BCUT2D eigenvalue weighted by Crippen LogP contribution is -2.16. The summed E-state index contributed by atoms with van der Waals surface area (Å²) in [5.41, 5.74) is 14.3. The maximum atomic E-state index is 12.2. The fraction of sp³-hybridized carbons (Fsp3) is 0.353. The second kappa shape index (κ2) is 9.98. The number of nitrogens with one attached hydrogen (secondary N) is 1. The van der Waals surface area contributed by atoms with Gasteiger partial charge in [-0.3, -0.25) is 4.79 Å². The topological polar surface area (TPSA) is 95.6 Å². The first kappa shape index (κ1) is 26.9. The van der Waals surface area contributed by atoms with Crippen LogP contribution >= 0.6 is 0 Å². The lowest BCUT2D eigenvalue weighted by Gasteiger charge is -2.17. The van der Waals surface area contributed by atoms with Crippen LogP contribution in [0.1, 0.15) is 60.3 Å². The zero-order chi connectivity index (χ0) is 29.2. The molecular formula is C34H36N4O3. The number of hydrogen-bond donors (Lipinski definition) is 2. The van der Waals surface area contributed by atoms with Gasteiger partial charge in [0.1, 0.15) is 5.76 Å². The number of rotatable bonds is 5. The summed E-state index contributed by atoms with van der Waals surface area (Å²) in [6.07, 6.45) is 10.3. The minimum atomic E-state index is -0.231. The number of carbonyl (C=O) groups excluding carboxylic acids is 1. The van der Waals surface area contributed by atoms with Crippen LogP contribution in [0.25, 0.3) is 0 Å². The summed E-state index contributed by atoms with van der Waals surface area (Å²) in [7, 11) is 1.42. The van der Waals surface area contributed by atoms with E-state index in [1.165, 1.54) is 12.7 Å². The van der Waals surface area contributed by atoms with Crippen LogP contribution in [0.2, 0.25) is 0 Å². The van der Waals surface area contributed by atoms with Crippen molar-refractivity contribution in [3.05, 3.63) is 104 Å². The Labute approximate surface area is 241 Å². The van der Waals surface area contributed by atoms with E-state index < -0.39 is 0 Å². The molecule has 0 aromatic carbocycles. The quantitative estimate of drug-likeness (QED) is 0.370. The molecule has 7 nitrogen and oxygen atoms in total. The first-order chi connectivity index (χ1) is 19.7. The van der Waals surface area contributed by atoms with E-state index >= 15 is 0 Å². The Morgan fingerprint density at radius 2 is 1.83 bits per heavy atom. The molecule has 0 saturated carbocycles. The molecule has 1 aliphatic carbocycles. The Morgan fingerprint density at radius 1 is 1.10 bits per heavy atom. The summed E-state index contributed by atoms with van der Waals surface area (Å²) in [6.45, 7) is 14.6. The summed E-state index contributed by atoms with van der Waals surface area (Å²) in [6, 6.07) is 0. The van der Waals surface area contributed by atoms with Gasteiger partial charge < -0.3 is 15.2 Å². The molecule has 7 heteroatoms. The SMILES string of the molecule is C=CC1=C(C)C2=NC1=CC1=NC(=CC3=C(C)C4=C(O)CC(=C5NC(=C2)C(C)[C@@H]5CCC(=O)OC)C4=N3)C(CC)=C1C. The lowest BCUT2D eigenvalue weighted by molar-refractivity contribution is -0.140. The Hall–Kier alpha value is -4.26. The van der Waals surface area contributed by atoms with Crippen molar-refractivity contribution in [3.63, 3.8) is 0 Å². The highest BCUT2D eigenvalue weighted by molar-refractivity contribution is 6.21. The second-order valence-corrected chi connectivity index (χ2v) is 11.3. The van der Waals surface area contributed by atoms with E-state index in [1.807, 2.05) is 19.1 Å². The molecule has 0 amide bonds. The van der Waals surface area contributed by atoms with Crippen LogP contribution in [-0.4, -0.2) is 35.3 Å². The fourth-order valence-electron chi connectivity index (χ4n) is 6.76. The van der Waals surface area contributed by atoms with Gasteiger partial charge in [0, 0.05) is 52.8 Å². The zero-order valence-electron chi connectivity index (χ0n) is 24.6. The lowest BCUT2D eigenvalue weighted by atomic mass is 9.86. The molecule has 1 saturated heterocycles. The minimum absolute atomic E-state index is 0.0302. The smallest absolute Gasteiger partial charge is 0.305 e. The van der Waals surface area contributed by atoms with Crippen molar-refractivity contribution in [1.29, 1.82) is 0 Å². The van der Waals surface area contributed by atoms with Crippen molar-refractivity contribution in [2.45, 2.75) is 60.3 Å². The fourth-order valence-corrected chi connectivity index (χ4v) is 6.76. The number of carbonyl (C=O) groups is 1. The van der Waals surface area contributed by atoms with Crippen LogP contribution in [0.5, 0.6) is 0 Å². The average molecular weight is 549 g/mol. The van der Waals surface area contributed by atoms with Crippen molar-refractivity contribution >= 4 is 23.1 Å². The maximum Gasteiger partial charge on any atom is 0.305 e. The van der Waals surface area contributed by atoms with E-state index in [-0.39, 0.29) is 17.8 Å². The van der Waals surface area contributed by atoms with Gasteiger partial charge in [-0.15, -0.1) is 0 Å². The first-order valence-electron chi connectivity index (χ1n) is 14.3. The zero-order valence-corrected chi connectivity index (χ0v) is 24.6. The summed E-state index contributed by atoms with van der Waals surface area (Å²) in [5.74, 6) is 0.223. The molecule has 5 aliphatic heterocycles. The summed E-state index contributed by atoms with van der Waals surface area (Å²) < 4.78 is 4.97. The maximum absolute atomic E-state index is 12.2. The molecule has 1 unspecified atom stereocenters. The minimum Gasteiger partial charge on any atom is -0.511 e. The number of hydrogen-bond acceptors (Lipinski definition) is 7. The molecule has 2 atom stereocenters. The average Bonchev–Trinajstić information content (AvgIpc) is 3.70. The first-order valence-corrected chi connectivity index (χ1v) is 14.3. The highest BCUT2D eigenvalue weighted by atomic mass is 16.5. The number of nitrogens with zero attached hydrogens (tertiary/aromatic N) is 3. The molecule has 5 heterocycles. The van der Waals surface area contributed by atoms with Crippen LogP contribution in [-0.2, 0) is 9.53 Å². The third-order valence-electron chi connectivity index (χ3n) is 9.19. The van der Waals surface area contributed by atoms with Crippen molar-refractivity contribution in [1.82, 2.24) is 5.32 Å². The van der Waals surface area contributed by atoms with Gasteiger partial charge in [0.15, 0.2) is 0 Å². The molecule has 6 rings (SSSR count). The Morgan fingerprint density at radius 3 is 2.54 bits per heavy atom. The number of esters is 1. The predicted octanol–water partition coefficient (Wildman–Crippen LogP) is 6.80. The van der Waals surface area contributed by atoms with Crippen molar-refractivity contribution in [2.24, 2.45) is 26.8 Å². The van der Waals surface area contributed by atoms with Gasteiger partial charge >= 0.3 is 5.97 Å². The molecule has 6 aliphatic rings. The molecule has 8 bridgehead atoms. The highest BCUT2D eigenvalue weighted by Gasteiger charge is 2.41. The standard InChI is InChI=1S/C34H36N4O3/c1-8-20-16(3)24-13-26-18(5)22(10-11-31(40)41-7)33(37-26)23-12-30(39)32-19(6)27(38-34(23)32)15-29-21(9-2)17(4)25(36-29)14-28(20)35-24/h8,13-15,18,22,37,39H,1,9-12H2,2-7H3/t18?,22-/m0/s1. The van der Waals surface area contributed by atoms with Gasteiger partial charge in [0.25, 0.3) is 0 Å². The molecule has 0 aromatic rings. The number of aliphatic imine (C=N–C) groups is 3. The molecule has 0 spiro atoms. The monoisotopic (exact) mass is 548 g/mol. The van der Waals surface area contributed by atoms with Gasteiger partial charge in [0.2, 0.25) is 0 Å². The summed E-state index contributed by atoms with van der Waals surface area (Å²) >= 11 is 0. The van der Waals surface area contributed by atoms with Crippen molar-refractivity contribution in [3.8, 4) is 0 Å². The van der Waals surface area contributed by atoms with E-state index in [4.69, 9.17) is 19.7 Å². The van der Waals surface area contributed by atoms with Crippen LogP contribution in [0.4, 0.5) is 0 Å². The Kier molecular flexibility index (Phi) is 6.56. The van der Waals surface area contributed by atoms with E-state index in [1.54, 1.807) is 0 Å². The number of allylic oxidation sites excluding steroid dienone is 12. The Balaban J connectivity index is 1.60. The van der Waals surface area contributed by atoms with Gasteiger partial charge in [-0.2, -0.15) is 0 Å². The molecule has 41 heavy (non-hydrogen) atoms. The second-order valence-electron chi connectivity index (χ2n) is 11.3. The van der Waals surface area contributed by atoms with Crippen LogP contribution in [0, 0.1) is 11.8 Å². The van der Waals surface area contributed by atoms with Crippen LogP contribution in [0.3, 0.4) is 0 Å². The summed E-state index contributed by atoms with van der Waals surface area (Å²) in [4.78, 5) is 27.4. The van der Waals surface area contributed by atoms with Gasteiger partial charge in [0.05, 0.1) is 41.3 Å². The van der Waals surface area contributed by atoms with Crippen LogP contribution in [0.15, 0.2) is 119 Å². The highest BCUT2D eigenvalue weighted by Crippen LogP contribution is 2.46. The number of aliphatic hydroxyl groups is 1. The van der Waals surface area contributed by atoms with Gasteiger partial charge in [-0.05, 0) is 74.1 Å². The normalized spacial score (nSPS) is 24.9. The molecule has 0 aromatic heterocycles. The molecule has 2 N–H and O–H groups in total. The number of fused-ring (bicyclic) bond motifs is 5.